The van der Waals surface area contributed by atoms with Gasteiger partial charge < -0.3 is 0 Å². The average molecular weight is 358 g/mol. The average Bonchev–Trinajstić information content (AvgIpc) is 3.00. The Balaban J connectivity index is 1.68. The van der Waals surface area contributed by atoms with Crippen LogP contribution in [0.2, 0.25) is 0 Å². The molecule has 2 aromatic heterocycles. The highest BCUT2D eigenvalue weighted by Gasteiger charge is 2.18. The Morgan fingerprint density at radius 2 is 2.16 bits per heavy atom. The van der Waals surface area contributed by atoms with Crippen LogP contribution in [-0.4, -0.2) is 27.1 Å². The molecule has 1 aliphatic rings. The molecule has 0 unspecified atom stereocenters. The van der Waals surface area contributed by atoms with Gasteiger partial charge in [0.15, 0.2) is 0 Å². The predicted molar refractivity (Wildman–Crippen MR) is 102 cm³/mol. The van der Waals surface area contributed by atoms with Crippen molar-refractivity contribution in [3.8, 4) is 5.69 Å². The van der Waals surface area contributed by atoms with E-state index in [0.29, 0.717) is 5.69 Å². The van der Waals surface area contributed by atoms with Crippen LogP contribution in [-0.2, 0) is 10.7 Å². The first-order valence-electron chi connectivity index (χ1n) is 8.87. The molecule has 4 rings (SSSR count). The summed E-state index contributed by atoms with van der Waals surface area (Å²) in [4.78, 5) is 5.25. The number of nitrogens with zero attached hydrogens (tertiary/aromatic N) is 4. The molecule has 0 bridgehead atoms. The lowest BCUT2D eigenvalue weighted by Crippen LogP contribution is -2.18. The third-order valence-corrected chi connectivity index (χ3v) is 7.49. The summed E-state index contributed by atoms with van der Waals surface area (Å²) in [6.07, 6.45) is 8.87. The predicted octanol–water partition coefficient (Wildman–Crippen LogP) is 4.01. The first-order chi connectivity index (χ1) is 12.2. The summed E-state index contributed by atoms with van der Waals surface area (Å²) in [6.45, 7) is 3.01. The Morgan fingerprint density at radius 1 is 1.28 bits per heavy atom. The second-order valence-electron chi connectivity index (χ2n) is 6.63. The van der Waals surface area contributed by atoms with Crippen LogP contribution in [0.15, 0.2) is 52.1 Å². The summed E-state index contributed by atoms with van der Waals surface area (Å²) >= 11 is 0. The molecule has 6 heteroatoms. The van der Waals surface area contributed by atoms with Crippen LogP contribution in [0.5, 0.6) is 0 Å². The van der Waals surface area contributed by atoms with Crippen LogP contribution >= 0.6 is 0 Å². The quantitative estimate of drug-likeness (QED) is 0.692. The molecule has 0 radical (unpaired) electrons. The number of fused-ring (bicyclic) bond motifs is 1. The number of hydrogen-bond donors (Lipinski definition) is 0. The topological polar surface area (TPSA) is 43.1 Å². The molecule has 2 heterocycles. The summed E-state index contributed by atoms with van der Waals surface area (Å²) in [6, 6.07) is 7.90. The van der Waals surface area contributed by atoms with Crippen LogP contribution in [0.4, 0.5) is 4.39 Å². The van der Waals surface area contributed by atoms with Crippen LogP contribution in [0.1, 0.15) is 26.2 Å². The van der Waals surface area contributed by atoms with Crippen molar-refractivity contribution >= 4 is 21.6 Å². The molecule has 25 heavy (non-hydrogen) atoms. The van der Waals surface area contributed by atoms with Crippen LogP contribution in [0.25, 0.3) is 16.6 Å². The molecule has 3 aromatic rings. The zero-order valence-corrected chi connectivity index (χ0v) is 15.3. The maximum Gasteiger partial charge on any atom is 0.143 e. The summed E-state index contributed by atoms with van der Waals surface area (Å²) in [7, 11) is -0.869. The summed E-state index contributed by atoms with van der Waals surface area (Å²) in [5, 5.41) is 5.62. The lowest BCUT2D eigenvalue weighted by Gasteiger charge is -2.28. The van der Waals surface area contributed by atoms with Gasteiger partial charge in [-0.2, -0.15) is 15.8 Å². The van der Waals surface area contributed by atoms with E-state index in [2.05, 4.69) is 35.2 Å². The standard InChI is InChI=1S/C19H23FN4S/c1-2-22-25(13-14-4-3-5-14)18-6-7-19-15(8-18)12-24(23-19)17-9-16(20)10-21-11-17/h6-12,14H,2-5,13,25H2,1H3. The van der Waals surface area contributed by atoms with Crippen molar-refractivity contribution in [1.82, 2.24) is 14.8 Å². The summed E-state index contributed by atoms with van der Waals surface area (Å²) in [5.41, 5.74) is 1.55. The zero-order valence-electron chi connectivity index (χ0n) is 14.3. The van der Waals surface area contributed by atoms with Crippen molar-refractivity contribution in [2.75, 3.05) is 12.3 Å². The van der Waals surface area contributed by atoms with E-state index >= 15 is 0 Å². The van der Waals surface area contributed by atoms with Gasteiger partial charge in [-0.1, -0.05) is 6.42 Å². The third kappa shape index (κ3) is 3.49. The van der Waals surface area contributed by atoms with Gasteiger partial charge >= 0.3 is 0 Å². The molecule has 0 aliphatic heterocycles. The van der Waals surface area contributed by atoms with Gasteiger partial charge in [0.05, 0.1) is 23.6 Å². The van der Waals surface area contributed by atoms with E-state index in [0.717, 1.165) is 23.4 Å². The molecule has 0 amide bonds. The number of benzene rings is 1. The minimum Gasteiger partial charge on any atom is -0.284 e. The molecule has 0 atom stereocenters. The minimum atomic E-state index is -0.869. The molecular weight excluding hydrogens is 335 g/mol. The third-order valence-electron chi connectivity index (χ3n) is 4.85. The number of halogens is 1. The van der Waals surface area contributed by atoms with Gasteiger partial charge in [0.2, 0.25) is 0 Å². The number of pyridine rings is 1. The fraction of sp³-hybridized carbons (Fsp3) is 0.368. The maximum absolute atomic E-state index is 13.4. The Labute approximate surface area is 149 Å². The van der Waals surface area contributed by atoms with Crippen LogP contribution < -0.4 is 0 Å². The van der Waals surface area contributed by atoms with Gasteiger partial charge in [-0.15, -0.1) is 0 Å². The molecule has 1 fully saturated rings. The van der Waals surface area contributed by atoms with Gasteiger partial charge in [-0.25, -0.2) is 9.07 Å². The molecule has 132 valence electrons. The normalized spacial score (nSPS) is 17.0. The molecule has 0 spiro atoms. The van der Waals surface area contributed by atoms with Gasteiger partial charge in [-0.05, 0) is 54.5 Å². The zero-order chi connectivity index (χ0) is 17.2. The Kier molecular flexibility index (Phi) is 4.61. The summed E-state index contributed by atoms with van der Waals surface area (Å²) < 4.78 is 20.0. The number of rotatable bonds is 5. The molecular formula is C19H23FN4S. The highest BCUT2D eigenvalue weighted by atomic mass is 32.2. The molecule has 0 N–H and O–H groups in total. The van der Waals surface area contributed by atoms with Crippen LogP contribution in [0, 0.1) is 11.7 Å². The Morgan fingerprint density at radius 3 is 2.88 bits per heavy atom. The highest BCUT2D eigenvalue weighted by Crippen LogP contribution is 2.30. The highest BCUT2D eigenvalue weighted by molar-refractivity contribution is 7.87. The lowest BCUT2D eigenvalue weighted by atomic mass is 9.87. The van der Waals surface area contributed by atoms with Crippen molar-refractivity contribution in [3.05, 3.63) is 48.7 Å². The molecule has 1 saturated carbocycles. The minimum absolute atomic E-state index is 0.356. The SMILES string of the molecule is CC/N=[SH2](\CC1CCC1)c1ccc2nn(-c3cncc(F)c3)cc2c1. The second kappa shape index (κ2) is 7.04. The number of aromatic nitrogens is 3. The second-order valence-corrected chi connectivity index (χ2v) is 8.83. The van der Waals surface area contributed by atoms with E-state index in [-0.39, 0.29) is 5.82 Å². The van der Waals surface area contributed by atoms with Crippen molar-refractivity contribution in [2.24, 2.45) is 10.3 Å². The van der Waals surface area contributed by atoms with E-state index in [1.807, 2.05) is 6.20 Å². The molecule has 1 aliphatic carbocycles. The summed E-state index contributed by atoms with van der Waals surface area (Å²) in [5.74, 6) is 1.75. The van der Waals surface area contributed by atoms with Gasteiger partial charge in [0.25, 0.3) is 0 Å². The van der Waals surface area contributed by atoms with Gasteiger partial charge in [-0.3, -0.25) is 9.35 Å². The molecule has 1 aromatic carbocycles. The van der Waals surface area contributed by atoms with Crippen molar-refractivity contribution in [3.63, 3.8) is 0 Å². The van der Waals surface area contributed by atoms with Crippen molar-refractivity contribution in [1.29, 1.82) is 0 Å². The van der Waals surface area contributed by atoms with E-state index in [9.17, 15) is 4.39 Å². The number of hydrogen-bond acceptors (Lipinski definition) is 3. The smallest absolute Gasteiger partial charge is 0.143 e. The Hall–Kier alpha value is -2.08. The molecule has 4 nitrogen and oxygen atoms in total. The van der Waals surface area contributed by atoms with E-state index in [1.54, 1.807) is 10.9 Å². The van der Waals surface area contributed by atoms with Gasteiger partial charge in [0.1, 0.15) is 5.82 Å². The van der Waals surface area contributed by atoms with E-state index < -0.39 is 10.7 Å². The van der Waals surface area contributed by atoms with E-state index in [1.165, 1.54) is 42.2 Å². The van der Waals surface area contributed by atoms with Crippen LogP contribution in [0.3, 0.4) is 0 Å². The lowest BCUT2D eigenvalue weighted by molar-refractivity contribution is 0.352. The Bertz CT molecular complexity index is 930. The first kappa shape index (κ1) is 16.4. The monoisotopic (exact) mass is 358 g/mol. The van der Waals surface area contributed by atoms with E-state index in [4.69, 9.17) is 4.36 Å². The fourth-order valence-corrected chi connectivity index (χ4v) is 5.78. The molecule has 0 saturated heterocycles. The van der Waals surface area contributed by atoms with Gasteiger partial charge in [0, 0.05) is 24.2 Å². The largest absolute Gasteiger partial charge is 0.284 e. The van der Waals surface area contributed by atoms with Crippen molar-refractivity contribution in [2.45, 2.75) is 31.1 Å². The maximum atomic E-state index is 13.4. The van der Waals surface area contributed by atoms with Crippen molar-refractivity contribution < 1.29 is 4.39 Å². The fourth-order valence-electron chi connectivity index (χ4n) is 3.30. The first-order valence-corrected chi connectivity index (χ1v) is 10.5.